The third kappa shape index (κ3) is 3.06. The molecule has 1 aromatic rings. The van der Waals surface area contributed by atoms with E-state index < -0.39 is 0 Å². The highest BCUT2D eigenvalue weighted by molar-refractivity contribution is 9.10. The maximum atomic E-state index is 3.57. The normalized spacial score (nSPS) is 17.4. The number of rotatable bonds is 5. The monoisotopic (exact) mass is 282 g/mol. The van der Waals surface area contributed by atoms with E-state index in [1.807, 2.05) is 7.05 Å². The molecule has 16 heavy (non-hydrogen) atoms. The largest absolute Gasteiger partial charge is 0.312 e. The first-order valence-corrected chi connectivity index (χ1v) is 6.66. The van der Waals surface area contributed by atoms with Crippen LogP contribution < -0.4 is 10.6 Å². The second kappa shape index (κ2) is 5.30. The van der Waals surface area contributed by atoms with E-state index in [1.165, 1.54) is 24.0 Å². The van der Waals surface area contributed by atoms with Gasteiger partial charge in [0.25, 0.3) is 0 Å². The lowest BCUT2D eigenvalue weighted by Gasteiger charge is -2.19. The molecule has 2 N–H and O–H groups in total. The fraction of sp³-hybridized carbons (Fsp3) is 0.538. The molecular weight excluding hydrogens is 264 g/mol. The summed E-state index contributed by atoms with van der Waals surface area (Å²) in [6.45, 7) is 3.18. The van der Waals surface area contributed by atoms with Crippen LogP contribution in [0.5, 0.6) is 0 Å². The minimum atomic E-state index is 0.401. The molecule has 1 unspecified atom stereocenters. The van der Waals surface area contributed by atoms with E-state index in [0.29, 0.717) is 6.04 Å². The Balaban J connectivity index is 2.07. The number of halogens is 1. The van der Waals surface area contributed by atoms with Gasteiger partial charge in [-0.2, -0.15) is 0 Å². The molecule has 2 nitrogen and oxygen atoms in total. The van der Waals surface area contributed by atoms with Crippen molar-refractivity contribution < 1.29 is 0 Å². The van der Waals surface area contributed by atoms with Crippen molar-refractivity contribution in [1.82, 2.24) is 10.6 Å². The van der Waals surface area contributed by atoms with E-state index in [4.69, 9.17) is 0 Å². The Morgan fingerprint density at radius 3 is 2.81 bits per heavy atom. The molecule has 1 atom stereocenters. The SMILES string of the molecule is CNC(CNC1CC1)c1cc(Br)ccc1C. The highest BCUT2D eigenvalue weighted by atomic mass is 79.9. The van der Waals surface area contributed by atoms with Crippen LogP contribution in [-0.2, 0) is 0 Å². The van der Waals surface area contributed by atoms with Gasteiger partial charge in [-0.05, 0) is 50.1 Å². The molecule has 1 saturated carbocycles. The second-order valence-electron chi connectivity index (χ2n) is 4.52. The first kappa shape index (κ1) is 12.1. The van der Waals surface area contributed by atoms with Gasteiger partial charge in [-0.25, -0.2) is 0 Å². The maximum absolute atomic E-state index is 3.57. The van der Waals surface area contributed by atoms with Crippen molar-refractivity contribution in [2.45, 2.75) is 31.8 Å². The first-order valence-electron chi connectivity index (χ1n) is 5.87. The van der Waals surface area contributed by atoms with Crippen LogP contribution in [0.4, 0.5) is 0 Å². The highest BCUT2D eigenvalue weighted by Crippen LogP contribution is 2.24. The van der Waals surface area contributed by atoms with Gasteiger partial charge in [0.15, 0.2) is 0 Å². The van der Waals surface area contributed by atoms with E-state index in [1.54, 1.807) is 0 Å². The van der Waals surface area contributed by atoms with E-state index in [2.05, 4.69) is 51.7 Å². The molecule has 0 saturated heterocycles. The van der Waals surface area contributed by atoms with E-state index in [-0.39, 0.29) is 0 Å². The number of benzene rings is 1. The smallest absolute Gasteiger partial charge is 0.0447 e. The molecule has 3 heteroatoms. The van der Waals surface area contributed by atoms with Gasteiger partial charge in [0, 0.05) is 23.1 Å². The average molecular weight is 283 g/mol. The summed E-state index contributed by atoms with van der Waals surface area (Å²) in [7, 11) is 2.03. The summed E-state index contributed by atoms with van der Waals surface area (Å²) in [5, 5.41) is 6.96. The van der Waals surface area contributed by atoms with E-state index in [0.717, 1.165) is 17.1 Å². The molecule has 0 aliphatic heterocycles. The van der Waals surface area contributed by atoms with Crippen molar-refractivity contribution in [3.8, 4) is 0 Å². The van der Waals surface area contributed by atoms with Crippen LogP contribution in [0.25, 0.3) is 0 Å². The third-order valence-electron chi connectivity index (χ3n) is 3.15. The number of hydrogen-bond acceptors (Lipinski definition) is 2. The number of nitrogens with one attached hydrogen (secondary N) is 2. The molecular formula is C13H19BrN2. The summed E-state index contributed by atoms with van der Waals surface area (Å²) in [5.74, 6) is 0. The minimum absolute atomic E-state index is 0.401. The molecule has 0 spiro atoms. The Morgan fingerprint density at radius 2 is 2.19 bits per heavy atom. The summed E-state index contributed by atoms with van der Waals surface area (Å²) in [5.41, 5.74) is 2.73. The lowest BCUT2D eigenvalue weighted by atomic mass is 10.0. The van der Waals surface area contributed by atoms with Crippen molar-refractivity contribution in [2.75, 3.05) is 13.6 Å². The molecule has 1 aliphatic carbocycles. The van der Waals surface area contributed by atoms with Crippen LogP contribution in [0.15, 0.2) is 22.7 Å². The lowest BCUT2D eigenvalue weighted by molar-refractivity contribution is 0.524. The second-order valence-corrected chi connectivity index (χ2v) is 5.44. The van der Waals surface area contributed by atoms with E-state index in [9.17, 15) is 0 Å². The third-order valence-corrected chi connectivity index (χ3v) is 3.65. The predicted octanol–water partition coefficient (Wildman–Crippen LogP) is 2.77. The van der Waals surface area contributed by atoms with Crippen LogP contribution in [-0.4, -0.2) is 19.6 Å². The molecule has 0 aromatic heterocycles. The van der Waals surface area contributed by atoms with Crippen LogP contribution >= 0.6 is 15.9 Å². The fourth-order valence-electron chi connectivity index (χ4n) is 1.93. The van der Waals surface area contributed by atoms with Crippen LogP contribution in [0, 0.1) is 6.92 Å². The predicted molar refractivity (Wildman–Crippen MR) is 71.7 cm³/mol. The molecule has 1 fully saturated rings. The summed E-state index contributed by atoms with van der Waals surface area (Å²) in [6.07, 6.45) is 2.68. The Hall–Kier alpha value is -0.380. The zero-order valence-electron chi connectivity index (χ0n) is 9.89. The molecule has 0 bridgehead atoms. The van der Waals surface area contributed by atoms with Gasteiger partial charge in [-0.1, -0.05) is 22.0 Å². The van der Waals surface area contributed by atoms with Gasteiger partial charge in [-0.15, -0.1) is 0 Å². The standard InChI is InChI=1S/C13H19BrN2/c1-9-3-4-10(14)7-12(9)13(15-2)8-16-11-5-6-11/h3-4,7,11,13,15-16H,5-6,8H2,1-2H3. The van der Waals surface area contributed by atoms with Crippen molar-refractivity contribution in [1.29, 1.82) is 0 Å². The van der Waals surface area contributed by atoms with Gasteiger partial charge in [0.2, 0.25) is 0 Å². The summed E-state index contributed by atoms with van der Waals surface area (Å²) < 4.78 is 1.15. The Morgan fingerprint density at radius 1 is 1.44 bits per heavy atom. The molecule has 1 aromatic carbocycles. The number of likely N-dealkylation sites (N-methyl/N-ethyl adjacent to an activating group) is 1. The Labute approximate surface area is 106 Å². The molecule has 0 heterocycles. The topological polar surface area (TPSA) is 24.1 Å². The average Bonchev–Trinajstić information content (AvgIpc) is 3.07. The van der Waals surface area contributed by atoms with Gasteiger partial charge in [0.05, 0.1) is 0 Å². The maximum Gasteiger partial charge on any atom is 0.0447 e. The summed E-state index contributed by atoms with van der Waals surface area (Å²) in [6, 6.07) is 7.65. The summed E-state index contributed by atoms with van der Waals surface area (Å²) in [4.78, 5) is 0. The number of aryl methyl sites for hydroxylation is 1. The van der Waals surface area contributed by atoms with Gasteiger partial charge < -0.3 is 10.6 Å². The van der Waals surface area contributed by atoms with Crippen molar-refractivity contribution in [3.63, 3.8) is 0 Å². The summed E-state index contributed by atoms with van der Waals surface area (Å²) >= 11 is 3.54. The minimum Gasteiger partial charge on any atom is -0.312 e. The van der Waals surface area contributed by atoms with Crippen molar-refractivity contribution >= 4 is 15.9 Å². The van der Waals surface area contributed by atoms with Crippen LogP contribution in [0.1, 0.15) is 30.0 Å². The first-order chi connectivity index (χ1) is 7.70. The zero-order chi connectivity index (χ0) is 11.5. The lowest BCUT2D eigenvalue weighted by Crippen LogP contribution is -2.31. The van der Waals surface area contributed by atoms with Crippen LogP contribution in [0.3, 0.4) is 0 Å². The molecule has 2 rings (SSSR count). The quantitative estimate of drug-likeness (QED) is 0.868. The van der Waals surface area contributed by atoms with Crippen LogP contribution in [0.2, 0.25) is 0 Å². The van der Waals surface area contributed by atoms with Gasteiger partial charge >= 0.3 is 0 Å². The Kier molecular flexibility index (Phi) is 4.00. The highest BCUT2D eigenvalue weighted by Gasteiger charge is 2.22. The molecule has 0 radical (unpaired) electrons. The molecule has 1 aliphatic rings. The van der Waals surface area contributed by atoms with Crippen molar-refractivity contribution in [3.05, 3.63) is 33.8 Å². The Bertz CT molecular complexity index is 361. The molecule has 88 valence electrons. The molecule has 0 amide bonds. The number of hydrogen-bond donors (Lipinski definition) is 2. The fourth-order valence-corrected chi connectivity index (χ4v) is 2.31. The zero-order valence-corrected chi connectivity index (χ0v) is 11.5. The van der Waals surface area contributed by atoms with Gasteiger partial charge in [0.1, 0.15) is 0 Å². The van der Waals surface area contributed by atoms with Gasteiger partial charge in [-0.3, -0.25) is 0 Å². The van der Waals surface area contributed by atoms with Crippen molar-refractivity contribution in [2.24, 2.45) is 0 Å². The van der Waals surface area contributed by atoms with E-state index >= 15 is 0 Å².